The number of rotatable bonds is 0. The zero-order valence-corrected chi connectivity index (χ0v) is 17.7. The molecule has 0 aliphatic heterocycles. The average Bonchev–Trinajstić information content (AvgIpc) is 3.26. The van der Waals surface area contributed by atoms with Gasteiger partial charge in [0.2, 0.25) is 5.92 Å². The lowest BCUT2D eigenvalue weighted by Crippen LogP contribution is -2.41. The van der Waals surface area contributed by atoms with Crippen molar-refractivity contribution in [1.29, 1.82) is 0 Å². The van der Waals surface area contributed by atoms with E-state index in [1.807, 2.05) is 6.20 Å². The summed E-state index contributed by atoms with van der Waals surface area (Å²) >= 11 is 0. The van der Waals surface area contributed by atoms with Crippen molar-refractivity contribution < 1.29 is 13.6 Å². The van der Waals surface area contributed by atoms with Gasteiger partial charge in [0, 0.05) is 42.5 Å². The smallest absolute Gasteiger partial charge is 0.248 e. The predicted molar refractivity (Wildman–Crippen MR) is 112 cm³/mol. The number of hydrogen-bond donors (Lipinski definition) is 1. The molecular formula is C25H28F2N2O. The fourth-order valence-electron chi connectivity index (χ4n) is 5.90. The highest BCUT2D eigenvalue weighted by atomic mass is 19.3. The highest BCUT2D eigenvalue weighted by Gasteiger charge is 2.52. The highest BCUT2D eigenvalue weighted by Crippen LogP contribution is 2.57. The summed E-state index contributed by atoms with van der Waals surface area (Å²) < 4.78 is 23.1. The molecule has 1 spiro atoms. The molecule has 1 N–H and O–H groups in total. The zero-order valence-electron chi connectivity index (χ0n) is 17.7. The van der Waals surface area contributed by atoms with Crippen molar-refractivity contribution in [2.24, 2.45) is 5.41 Å². The Labute approximate surface area is 176 Å². The van der Waals surface area contributed by atoms with Gasteiger partial charge in [-0.2, -0.15) is 5.10 Å². The van der Waals surface area contributed by atoms with Crippen LogP contribution in [0, 0.1) is 5.41 Å². The first-order valence-electron chi connectivity index (χ1n) is 11.0. The standard InChI is InChI=1S/C21H22N2O.C4H6F2/c1-20(2)10-14-9-17-16(12-22-23-17)21(19(14)18(24)11-20)8-7-13-5-3-4-6-15(13)21;5-4(6)2-1-3-4/h3-6,12H,7-11H2,1-2H3,(H,22,23);1-3H2. The normalized spacial score (nSPS) is 27.5. The lowest BCUT2D eigenvalue weighted by atomic mass is 9.58. The van der Waals surface area contributed by atoms with Crippen LogP contribution in [0.2, 0.25) is 0 Å². The first kappa shape index (κ1) is 19.7. The summed E-state index contributed by atoms with van der Waals surface area (Å²) in [6.07, 6.45) is 7.46. The Balaban J connectivity index is 0.000000279. The summed E-state index contributed by atoms with van der Waals surface area (Å²) in [6, 6.07) is 8.66. The van der Waals surface area contributed by atoms with E-state index in [1.165, 1.54) is 28.0 Å². The van der Waals surface area contributed by atoms with Gasteiger partial charge >= 0.3 is 0 Å². The molecule has 1 aromatic heterocycles. The largest absolute Gasteiger partial charge is 0.294 e. The molecule has 2 aromatic rings. The molecule has 1 heterocycles. The van der Waals surface area contributed by atoms with Gasteiger partial charge < -0.3 is 0 Å². The number of carbonyl (C=O) groups excluding carboxylic acids is 1. The van der Waals surface area contributed by atoms with E-state index in [0.717, 1.165) is 31.3 Å². The number of nitrogens with zero attached hydrogens (tertiary/aromatic N) is 1. The summed E-state index contributed by atoms with van der Waals surface area (Å²) in [6.45, 7) is 4.43. The molecule has 5 heteroatoms. The maximum Gasteiger partial charge on any atom is 0.248 e. The SMILES string of the molecule is CC1(C)CC(=O)C2=C(Cc3[nH]ncc3C23CCc2ccccc23)C1.FC1(F)CCC1. The maximum absolute atomic E-state index is 13.3. The van der Waals surface area contributed by atoms with Crippen LogP contribution in [0.25, 0.3) is 0 Å². The molecule has 30 heavy (non-hydrogen) atoms. The number of allylic oxidation sites excluding steroid dienone is 2. The Morgan fingerprint density at radius 2 is 1.77 bits per heavy atom. The van der Waals surface area contributed by atoms with E-state index >= 15 is 0 Å². The zero-order chi connectivity index (χ0) is 21.1. The number of aromatic amines is 1. The molecule has 0 amide bonds. The van der Waals surface area contributed by atoms with E-state index in [-0.39, 0.29) is 23.7 Å². The third-order valence-electron chi connectivity index (χ3n) is 7.29. The number of Topliss-reactive ketones (excluding diaryl/α,β-unsaturated/α-hetero) is 1. The summed E-state index contributed by atoms with van der Waals surface area (Å²) in [5.41, 5.74) is 7.39. The Kier molecular flexibility index (Phi) is 4.32. The van der Waals surface area contributed by atoms with Crippen molar-refractivity contribution in [2.75, 3.05) is 0 Å². The molecule has 4 aliphatic rings. The minimum absolute atomic E-state index is 0.0623. The molecule has 1 fully saturated rings. The van der Waals surface area contributed by atoms with Crippen LogP contribution in [-0.2, 0) is 23.1 Å². The Hall–Kier alpha value is -2.30. The number of aryl methyl sites for hydroxylation is 1. The number of fused-ring (bicyclic) bond motifs is 5. The molecule has 6 rings (SSSR count). The fraction of sp³-hybridized carbons (Fsp3) is 0.520. The van der Waals surface area contributed by atoms with E-state index in [1.54, 1.807) is 0 Å². The molecule has 1 aromatic carbocycles. The monoisotopic (exact) mass is 410 g/mol. The number of ketones is 1. The van der Waals surface area contributed by atoms with Crippen molar-refractivity contribution in [3.05, 3.63) is 64.0 Å². The minimum Gasteiger partial charge on any atom is -0.294 e. The molecule has 4 aliphatic carbocycles. The summed E-state index contributed by atoms with van der Waals surface area (Å²) in [7, 11) is 0. The number of halogens is 2. The van der Waals surface area contributed by atoms with Crippen molar-refractivity contribution in [3.63, 3.8) is 0 Å². The summed E-state index contributed by atoms with van der Waals surface area (Å²) in [5.74, 6) is -1.93. The van der Waals surface area contributed by atoms with Crippen molar-refractivity contribution in [2.45, 2.75) is 76.6 Å². The molecule has 1 atom stereocenters. The number of benzene rings is 1. The first-order valence-corrected chi connectivity index (χ1v) is 11.0. The number of hydrogen-bond acceptors (Lipinski definition) is 2. The van der Waals surface area contributed by atoms with Gasteiger partial charge in [-0.25, -0.2) is 8.78 Å². The molecule has 0 saturated heterocycles. The van der Waals surface area contributed by atoms with Crippen LogP contribution in [0.5, 0.6) is 0 Å². The van der Waals surface area contributed by atoms with Crippen LogP contribution in [0.4, 0.5) is 8.78 Å². The van der Waals surface area contributed by atoms with Crippen molar-refractivity contribution >= 4 is 5.78 Å². The Bertz CT molecular complexity index is 1040. The molecular weight excluding hydrogens is 382 g/mol. The van der Waals surface area contributed by atoms with Gasteiger partial charge in [0.15, 0.2) is 5.78 Å². The van der Waals surface area contributed by atoms with E-state index < -0.39 is 5.92 Å². The van der Waals surface area contributed by atoms with Crippen LogP contribution in [0.1, 0.15) is 74.8 Å². The third kappa shape index (κ3) is 2.97. The highest BCUT2D eigenvalue weighted by molar-refractivity contribution is 6.02. The van der Waals surface area contributed by atoms with Crippen LogP contribution >= 0.6 is 0 Å². The molecule has 3 nitrogen and oxygen atoms in total. The van der Waals surface area contributed by atoms with Gasteiger partial charge in [0.1, 0.15) is 0 Å². The number of nitrogens with one attached hydrogen (secondary N) is 1. The van der Waals surface area contributed by atoms with E-state index in [2.05, 4.69) is 48.3 Å². The average molecular weight is 411 g/mol. The maximum atomic E-state index is 13.3. The number of alkyl halides is 2. The van der Waals surface area contributed by atoms with Gasteiger partial charge in [0.25, 0.3) is 0 Å². The Morgan fingerprint density at radius 3 is 2.47 bits per heavy atom. The van der Waals surface area contributed by atoms with Gasteiger partial charge in [-0.3, -0.25) is 9.89 Å². The number of carbonyl (C=O) groups is 1. The lowest BCUT2D eigenvalue weighted by molar-refractivity contribution is -0.118. The fourth-order valence-corrected chi connectivity index (χ4v) is 5.90. The van der Waals surface area contributed by atoms with Crippen molar-refractivity contribution in [3.8, 4) is 0 Å². The second-order valence-electron chi connectivity index (χ2n) is 10.1. The lowest BCUT2D eigenvalue weighted by Gasteiger charge is -2.43. The third-order valence-corrected chi connectivity index (χ3v) is 7.29. The van der Waals surface area contributed by atoms with Crippen LogP contribution in [0.15, 0.2) is 41.6 Å². The van der Waals surface area contributed by atoms with Gasteiger partial charge in [-0.05, 0) is 42.2 Å². The van der Waals surface area contributed by atoms with Gasteiger partial charge in [-0.15, -0.1) is 0 Å². The van der Waals surface area contributed by atoms with Crippen LogP contribution in [0.3, 0.4) is 0 Å². The summed E-state index contributed by atoms with van der Waals surface area (Å²) in [5, 5.41) is 7.57. The van der Waals surface area contributed by atoms with Gasteiger partial charge in [0.05, 0.1) is 11.6 Å². The first-order chi connectivity index (χ1) is 14.2. The van der Waals surface area contributed by atoms with Crippen LogP contribution < -0.4 is 0 Å². The minimum atomic E-state index is -2.28. The molecule has 158 valence electrons. The van der Waals surface area contributed by atoms with Gasteiger partial charge in [-0.1, -0.05) is 43.7 Å². The molecule has 1 saturated carbocycles. The van der Waals surface area contributed by atoms with E-state index in [9.17, 15) is 13.6 Å². The molecule has 0 radical (unpaired) electrons. The van der Waals surface area contributed by atoms with Crippen molar-refractivity contribution in [1.82, 2.24) is 10.2 Å². The van der Waals surface area contributed by atoms with Crippen LogP contribution in [-0.4, -0.2) is 21.9 Å². The molecule has 1 unspecified atom stereocenters. The molecule has 0 bridgehead atoms. The predicted octanol–water partition coefficient (Wildman–Crippen LogP) is 5.69. The summed E-state index contributed by atoms with van der Waals surface area (Å²) in [4.78, 5) is 13.3. The second kappa shape index (κ2) is 6.60. The second-order valence-corrected chi connectivity index (χ2v) is 10.1. The number of aromatic nitrogens is 2. The number of H-pyrrole nitrogens is 1. The van der Waals surface area contributed by atoms with E-state index in [0.29, 0.717) is 18.6 Å². The quantitative estimate of drug-likeness (QED) is 0.606. The van der Waals surface area contributed by atoms with E-state index in [4.69, 9.17) is 0 Å². The topological polar surface area (TPSA) is 45.8 Å². The Morgan fingerprint density at radius 1 is 1.03 bits per heavy atom.